The molecule has 1 atom stereocenters. The van der Waals surface area contributed by atoms with E-state index in [0.29, 0.717) is 30.9 Å². The molecular weight excluding hydrogens is 490 g/mol. The zero-order valence-corrected chi connectivity index (χ0v) is 22.8. The first-order valence-electron chi connectivity index (χ1n) is 13.3. The summed E-state index contributed by atoms with van der Waals surface area (Å²) in [5.41, 5.74) is 4.58. The number of para-hydroxylation sites is 1. The lowest BCUT2D eigenvalue weighted by Gasteiger charge is -2.34. The van der Waals surface area contributed by atoms with Crippen LogP contribution in [0, 0.1) is 6.92 Å². The van der Waals surface area contributed by atoms with Gasteiger partial charge in [-0.15, -0.1) is 0 Å². The van der Waals surface area contributed by atoms with Gasteiger partial charge in [0.1, 0.15) is 17.3 Å². The van der Waals surface area contributed by atoms with Crippen molar-refractivity contribution in [3.63, 3.8) is 0 Å². The van der Waals surface area contributed by atoms with E-state index in [1.807, 2.05) is 35.2 Å². The number of carbonyl (C=O) groups is 1. The first-order chi connectivity index (χ1) is 18.9. The highest BCUT2D eigenvalue weighted by Gasteiger charge is 2.25. The summed E-state index contributed by atoms with van der Waals surface area (Å²) in [6, 6.07) is 23.3. The number of β-amino-alcohol motifs (C(OH)–C–C–N with tert-alkyl or cyclic N) is 1. The Labute approximate surface area is 229 Å². The highest BCUT2D eigenvalue weighted by Crippen LogP contribution is 2.30. The van der Waals surface area contributed by atoms with E-state index in [4.69, 9.17) is 14.5 Å². The van der Waals surface area contributed by atoms with Gasteiger partial charge in [-0.3, -0.25) is 4.79 Å². The van der Waals surface area contributed by atoms with E-state index < -0.39 is 6.10 Å². The fourth-order valence-electron chi connectivity index (χ4n) is 5.19. The van der Waals surface area contributed by atoms with Crippen LogP contribution >= 0.6 is 0 Å². The van der Waals surface area contributed by atoms with Gasteiger partial charge in [-0.1, -0.05) is 30.3 Å². The number of rotatable bonds is 8. The van der Waals surface area contributed by atoms with Crippen LogP contribution in [0.1, 0.15) is 39.9 Å². The maximum absolute atomic E-state index is 13.9. The van der Waals surface area contributed by atoms with Crippen molar-refractivity contribution in [2.24, 2.45) is 0 Å². The quantitative estimate of drug-likeness (QED) is 0.334. The highest BCUT2D eigenvalue weighted by molar-refractivity contribution is 5.94. The molecule has 1 unspecified atom stereocenters. The van der Waals surface area contributed by atoms with E-state index in [1.165, 1.54) is 0 Å². The predicted octanol–water partition coefficient (Wildman–Crippen LogP) is 5.36. The minimum Gasteiger partial charge on any atom is -0.497 e. The number of aliphatic hydroxyl groups excluding tert-OH is 1. The number of piperidine rings is 1. The first kappa shape index (κ1) is 26.5. The Bertz CT molecular complexity index is 1440. The van der Waals surface area contributed by atoms with Gasteiger partial charge in [-0.2, -0.15) is 0 Å². The molecular formula is C32H35N3O4. The number of carbonyl (C=O) groups excluding carboxylic acids is 1. The van der Waals surface area contributed by atoms with Gasteiger partial charge < -0.3 is 24.4 Å². The second-order valence-electron chi connectivity index (χ2n) is 10.1. The zero-order chi connectivity index (χ0) is 27.4. The average molecular weight is 526 g/mol. The minimum atomic E-state index is -0.391. The minimum absolute atomic E-state index is 0.0811. The Morgan fingerprint density at radius 1 is 1.00 bits per heavy atom. The van der Waals surface area contributed by atoms with Crippen molar-refractivity contribution in [2.75, 3.05) is 32.2 Å². The van der Waals surface area contributed by atoms with Gasteiger partial charge in [0, 0.05) is 42.7 Å². The highest BCUT2D eigenvalue weighted by atomic mass is 16.5. The second-order valence-corrected chi connectivity index (χ2v) is 10.1. The SMILES string of the molecule is COc1ccc(CN(Cc2cc3cccc(C)c3nc2N2CCCC(O)C2)C(=O)c2ccc(OC)cc2)cc1. The number of hydrogen-bond donors (Lipinski definition) is 1. The number of anilines is 1. The van der Waals surface area contributed by atoms with Crippen LogP contribution < -0.4 is 14.4 Å². The Balaban J connectivity index is 1.55. The molecule has 1 fully saturated rings. The third kappa shape index (κ3) is 5.99. The molecule has 0 saturated carbocycles. The van der Waals surface area contributed by atoms with Gasteiger partial charge in [0.25, 0.3) is 5.91 Å². The monoisotopic (exact) mass is 525 g/mol. The summed E-state index contributed by atoms with van der Waals surface area (Å²) in [5, 5.41) is 11.5. The topological polar surface area (TPSA) is 75.1 Å². The van der Waals surface area contributed by atoms with Crippen molar-refractivity contribution < 1.29 is 19.4 Å². The van der Waals surface area contributed by atoms with Gasteiger partial charge in [0.05, 0.1) is 25.8 Å². The number of benzene rings is 3. The van der Waals surface area contributed by atoms with Crippen molar-refractivity contribution in [3.8, 4) is 11.5 Å². The van der Waals surface area contributed by atoms with E-state index >= 15 is 0 Å². The number of aliphatic hydroxyl groups is 1. The van der Waals surface area contributed by atoms with Crippen LogP contribution in [0.5, 0.6) is 11.5 Å². The molecule has 1 aliphatic heterocycles. The largest absolute Gasteiger partial charge is 0.497 e. The van der Waals surface area contributed by atoms with Crippen LogP contribution in [0.4, 0.5) is 5.82 Å². The zero-order valence-electron chi connectivity index (χ0n) is 22.8. The van der Waals surface area contributed by atoms with Gasteiger partial charge >= 0.3 is 0 Å². The lowest BCUT2D eigenvalue weighted by molar-refractivity contribution is 0.0730. The first-order valence-corrected chi connectivity index (χ1v) is 13.3. The fourth-order valence-corrected chi connectivity index (χ4v) is 5.19. The summed E-state index contributed by atoms with van der Waals surface area (Å²) in [4.78, 5) is 23.1. The summed E-state index contributed by atoms with van der Waals surface area (Å²) >= 11 is 0. The maximum atomic E-state index is 13.9. The molecule has 1 aromatic heterocycles. The van der Waals surface area contributed by atoms with Crippen molar-refractivity contribution >= 4 is 22.6 Å². The number of ether oxygens (including phenoxy) is 2. The van der Waals surface area contributed by atoms with Gasteiger partial charge in [-0.05, 0) is 73.4 Å². The van der Waals surface area contributed by atoms with Crippen LogP contribution in [0.3, 0.4) is 0 Å². The van der Waals surface area contributed by atoms with Crippen LogP contribution in [0.2, 0.25) is 0 Å². The Morgan fingerprint density at radius 2 is 1.69 bits per heavy atom. The molecule has 0 radical (unpaired) electrons. The number of aryl methyl sites for hydroxylation is 1. The number of methoxy groups -OCH3 is 2. The Kier molecular flexibility index (Phi) is 7.98. The molecule has 1 saturated heterocycles. The molecule has 5 rings (SSSR count). The molecule has 4 aromatic rings. The lowest BCUT2D eigenvalue weighted by Crippen LogP contribution is -2.40. The summed E-state index contributed by atoms with van der Waals surface area (Å²) in [6.45, 7) is 4.20. The van der Waals surface area contributed by atoms with Crippen LogP contribution in [-0.2, 0) is 13.1 Å². The van der Waals surface area contributed by atoms with E-state index in [2.05, 4.69) is 30.0 Å². The molecule has 1 aliphatic rings. The number of fused-ring (bicyclic) bond motifs is 1. The number of aromatic nitrogens is 1. The standard InChI is InChI=1S/C32H35N3O4/c1-22-6-4-7-25-18-26(31(33-30(22)25)34-17-5-8-27(36)21-34)20-35(19-23-9-13-28(38-2)14-10-23)32(37)24-11-15-29(39-3)16-12-24/h4,6-7,9-16,18,27,36H,5,8,17,19-21H2,1-3H3. The fraction of sp³-hybridized carbons (Fsp3) is 0.312. The molecule has 202 valence electrons. The van der Waals surface area contributed by atoms with Gasteiger partial charge in [-0.25, -0.2) is 4.98 Å². The molecule has 0 spiro atoms. The van der Waals surface area contributed by atoms with E-state index in [-0.39, 0.29) is 5.91 Å². The lowest BCUT2D eigenvalue weighted by atomic mass is 10.0. The molecule has 0 aliphatic carbocycles. The van der Waals surface area contributed by atoms with E-state index in [0.717, 1.165) is 58.5 Å². The van der Waals surface area contributed by atoms with Crippen molar-refractivity contribution in [1.82, 2.24) is 9.88 Å². The summed E-state index contributed by atoms with van der Waals surface area (Å²) in [7, 11) is 3.25. The van der Waals surface area contributed by atoms with Gasteiger partial charge in [0.15, 0.2) is 0 Å². The van der Waals surface area contributed by atoms with Crippen LogP contribution in [0.25, 0.3) is 10.9 Å². The third-order valence-corrected chi connectivity index (χ3v) is 7.32. The van der Waals surface area contributed by atoms with E-state index in [9.17, 15) is 9.90 Å². The molecule has 3 aromatic carbocycles. The number of nitrogens with zero attached hydrogens (tertiary/aromatic N) is 3. The Hall–Kier alpha value is -4.10. The molecule has 1 amide bonds. The molecule has 7 heteroatoms. The molecule has 7 nitrogen and oxygen atoms in total. The van der Waals surface area contributed by atoms with Crippen LogP contribution in [-0.4, -0.2) is 54.3 Å². The number of amides is 1. The molecule has 1 N–H and O–H groups in total. The summed E-state index contributed by atoms with van der Waals surface area (Å²) in [5.74, 6) is 2.22. The maximum Gasteiger partial charge on any atom is 0.254 e. The predicted molar refractivity (Wildman–Crippen MR) is 153 cm³/mol. The molecule has 2 heterocycles. The van der Waals surface area contributed by atoms with E-state index in [1.54, 1.807) is 38.5 Å². The summed E-state index contributed by atoms with van der Waals surface area (Å²) < 4.78 is 10.6. The summed E-state index contributed by atoms with van der Waals surface area (Å²) in [6.07, 6.45) is 1.30. The second kappa shape index (κ2) is 11.7. The van der Waals surface area contributed by atoms with Crippen molar-refractivity contribution in [3.05, 3.63) is 95.1 Å². The average Bonchev–Trinajstić information content (AvgIpc) is 2.97. The smallest absolute Gasteiger partial charge is 0.254 e. The third-order valence-electron chi connectivity index (χ3n) is 7.32. The van der Waals surface area contributed by atoms with Gasteiger partial charge in [0.2, 0.25) is 0 Å². The Morgan fingerprint density at radius 3 is 2.36 bits per heavy atom. The van der Waals surface area contributed by atoms with Crippen molar-refractivity contribution in [1.29, 1.82) is 0 Å². The number of pyridine rings is 1. The van der Waals surface area contributed by atoms with Crippen LogP contribution in [0.15, 0.2) is 72.8 Å². The molecule has 0 bridgehead atoms. The normalized spacial score (nSPS) is 15.3. The number of hydrogen-bond acceptors (Lipinski definition) is 6. The molecule has 39 heavy (non-hydrogen) atoms. The van der Waals surface area contributed by atoms with Crippen molar-refractivity contribution in [2.45, 2.75) is 39.0 Å².